The van der Waals surface area contributed by atoms with Crippen LogP contribution in [0.25, 0.3) is 0 Å². The van der Waals surface area contributed by atoms with Gasteiger partial charge in [-0.2, -0.15) is 0 Å². The summed E-state index contributed by atoms with van der Waals surface area (Å²) in [5, 5.41) is 9.26. The molecule has 1 heterocycles. The highest BCUT2D eigenvalue weighted by Gasteiger charge is 2.22. The van der Waals surface area contributed by atoms with Crippen LogP contribution in [-0.4, -0.2) is 11.4 Å². The van der Waals surface area contributed by atoms with Crippen molar-refractivity contribution in [3.8, 4) is 11.5 Å². The Bertz CT molecular complexity index is 322. The molecule has 0 aromatic heterocycles. The number of aromatic hydroxyl groups is 1. The summed E-state index contributed by atoms with van der Waals surface area (Å²) in [6.07, 6.45) is -0.238. The number of phenols is 1. The quantitative estimate of drug-likeness (QED) is 0.665. The van der Waals surface area contributed by atoms with Crippen molar-refractivity contribution in [1.29, 1.82) is 0 Å². The van der Waals surface area contributed by atoms with Crippen LogP contribution in [-0.2, 0) is 4.74 Å². The van der Waals surface area contributed by atoms with Crippen molar-refractivity contribution in [3.05, 3.63) is 23.8 Å². The Morgan fingerprint density at radius 3 is 2.85 bits per heavy atom. The second-order valence-electron chi connectivity index (χ2n) is 3.19. The van der Waals surface area contributed by atoms with Gasteiger partial charge in [0, 0.05) is 5.56 Å². The number of hydrogen-bond donors (Lipinski definition) is 1. The smallest absolute Gasteiger partial charge is 0.197 e. The first-order valence-corrected chi connectivity index (χ1v) is 4.32. The first-order valence-electron chi connectivity index (χ1n) is 4.32. The second kappa shape index (κ2) is 2.92. The maximum atomic E-state index is 9.26. The maximum absolute atomic E-state index is 9.26. The Hall–Kier alpha value is -1.22. The second-order valence-corrected chi connectivity index (χ2v) is 3.19. The lowest BCUT2D eigenvalue weighted by Crippen LogP contribution is -2.24. The van der Waals surface area contributed by atoms with Crippen LogP contribution in [0.3, 0.4) is 0 Å². The van der Waals surface area contributed by atoms with Crippen molar-refractivity contribution in [2.75, 3.05) is 0 Å². The zero-order valence-corrected chi connectivity index (χ0v) is 7.65. The molecule has 2 rings (SSSR count). The molecular formula is C10H12O3. The summed E-state index contributed by atoms with van der Waals surface area (Å²) in [7, 11) is 0. The van der Waals surface area contributed by atoms with Crippen LogP contribution < -0.4 is 4.74 Å². The Kier molecular flexibility index (Phi) is 1.88. The molecular weight excluding hydrogens is 168 g/mol. The first-order chi connectivity index (χ1) is 6.16. The molecule has 1 aromatic carbocycles. The summed E-state index contributed by atoms with van der Waals surface area (Å²) in [6.45, 7) is 3.80. The molecule has 0 unspecified atom stereocenters. The molecule has 1 aliphatic heterocycles. The molecule has 0 saturated heterocycles. The number of rotatable bonds is 0. The zero-order chi connectivity index (χ0) is 9.42. The van der Waals surface area contributed by atoms with Gasteiger partial charge >= 0.3 is 0 Å². The van der Waals surface area contributed by atoms with Gasteiger partial charge < -0.3 is 14.6 Å². The zero-order valence-electron chi connectivity index (χ0n) is 7.65. The number of phenolic OH excluding ortho intramolecular Hbond substituents is 1. The van der Waals surface area contributed by atoms with Crippen LogP contribution in [0.2, 0.25) is 0 Å². The number of ether oxygens (including phenoxy) is 2. The number of hydrogen-bond acceptors (Lipinski definition) is 3. The fourth-order valence-corrected chi connectivity index (χ4v) is 1.53. The molecule has 1 aromatic rings. The Morgan fingerprint density at radius 2 is 2.08 bits per heavy atom. The Labute approximate surface area is 76.9 Å². The van der Waals surface area contributed by atoms with Crippen molar-refractivity contribution < 1.29 is 14.6 Å². The van der Waals surface area contributed by atoms with Crippen LogP contribution in [0, 0.1) is 0 Å². The van der Waals surface area contributed by atoms with Crippen molar-refractivity contribution in [2.45, 2.75) is 26.2 Å². The normalized spacial score (nSPS) is 26.3. The molecule has 70 valence electrons. The molecule has 0 saturated carbocycles. The van der Waals surface area contributed by atoms with Crippen molar-refractivity contribution in [1.82, 2.24) is 0 Å². The summed E-state index contributed by atoms with van der Waals surface area (Å²) in [6, 6.07) is 5.05. The van der Waals surface area contributed by atoms with Gasteiger partial charge in [-0.1, -0.05) is 0 Å². The Balaban J connectivity index is 2.43. The molecule has 2 atom stereocenters. The van der Waals surface area contributed by atoms with Crippen LogP contribution >= 0.6 is 0 Å². The molecule has 3 heteroatoms. The van der Waals surface area contributed by atoms with Crippen LogP contribution in [0.15, 0.2) is 18.2 Å². The Morgan fingerprint density at radius 1 is 1.31 bits per heavy atom. The van der Waals surface area contributed by atoms with Gasteiger partial charge in [-0.25, -0.2) is 0 Å². The lowest BCUT2D eigenvalue weighted by molar-refractivity contribution is -0.122. The van der Waals surface area contributed by atoms with E-state index in [2.05, 4.69) is 0 Å². The van der Waals surface area contributed by atoms with Gasteiger partial charge in [0.25, 0.3) is 0 Å². The summed E-state index contributed by atoms with van der Waals surface area (Å²) in [4.78, 5) is 0. The van der Waals surface area contributed by atoms with E-state index >= 15 is 0 Å². The van der Waals surface area contributed by atoms with Crippen LogP contribution in [0.5, 0.6) is 11.5 Å². The van der Waals surface area contributed by atoms with E-state index in [0.717, 1.165) is 11.3 Å². The number of fused-ring (bicyclic) bond motifs is 1. The van der Waals surface area contributed by atoms with Crippen molar-refractivity contribution in [3.63, 3.8) is 0 Å². The van der Waals surface area contributed by atoms with Gasteiger partial charge in [0.15, 0.2) is 6.29 Å². The maximum Gasteiger partial charge on any atom is 0.197 e. The average Bonchev–Trinajstić information content (AvgIpc) is 2.06. The van der Waals surface area contributed by atoms with Gasteiger partial charge in [0.05, 0.1) is 6.10 Å². The molecule has 1 aliphatic rings. The molecule has 0 spiro atoms. The highest BCUT2D eigenvalue weighted by molar-refractivity contribution is 5.41. The molecule has 3 nitrogen and oxygen atoms in total. The van der Waals surface area contributed by atoms with Gasteiger partial charge in [0.2, 0.25) is 0 Å². The molecule has 0 radical (unpaired) electrons. The SMILES string of the molecule is C[C@H]1Oc2ccc(O)cc2[C@H](C)O1. The van der Waals surface area contributed by atoms with E-state index in [1.54, 1.807) is 18.2 Å². The van der Waals surface area contributed by atoms with E-state index in [9.17, 15) is 5.11 Å². The van der Waals surface area contributed by atoms with Crippen molar-refractivity contribution in [2.24, 2.45) is 0 Å². The predicted octanol–water partition coefficient (Wildman–Crippen LogP) is 2.21. The minimum atomic E-state index is -0.216. The monoisotopic (exact) mass is 180 g/mol. The summed E-state index contributed by atoms with van der Waals surface area (Å²) >= 11 is 0. The van der Waals surface area contributed by atoms with Gasteiger partial charge in [-0.05, 0) is 32.0 Å². The standard InChI is InChI=1S/C10H12O3/c1-6-9-5-8(11)3-4-10(9)13-7(2)12-6/h3-7,11H,1-2H3/t6-,7+/m0/s1. The van der Waals surface area contributed by atoms with Crippen molar-refractivity contribution >= 4 is 0 Å². The summed E-state index contributed by atoms with van der Waals surface area (Å²) in [5.41, 5.74) is 0.901. The molecule has 13 heavy (non-hydrogen) atoms. The topological polar surface area (TPSA) is 38.7 Å². The third-order valence-electron chi connectivity index (χ3n) is 2.12. The molecule has 0 aliphatic carbocycles. The lowest BCUT2D eigenvalue weighted by atomic mass is 10.1. The highest BCUT2D eigenvalue weighted by Crippen LogP contribution is 2.35. The molecule has 1 N–H and O–H groups in total. The minimum absolute atomic E-state index is 0.0224. The van der Waals surface area contributed by atoms with Crippen LogP contribution in [0.1, 0.15) is 25.5 Å². The minimum Gasteiger partial charge on any atom is -0.508 e. The van der Waals surface area contributed by atoms with E-state index in [-0.39, 0.29) is 18.1 Å². The first kappa shape index (κ1) is 8.38. The van der Waals surface area contributed by atoms with Gasteiger partial charge in [-0.3, -0.25) is 0 Å². The van der Waals surface area contributed by atoms with Gasteiger partial charge in [0.1, 0.15) is 11.5 Å². The lowest BCUT2D eigenvalue weighted by Gasteiger charge is -2.28. The fourth-order valence-electron chi connectivity index (χ4n) is 1.53. The predicted molar refractivity (Wildman–Crippen MR) is 47.7 cm³/mol. The van der Waals surface area contributed by atoms with E-state index in [1.165, 1.54) is 0 Å². The molecule has 0 amide bonds. The third kappa shape index (κ3) is 1.47. The highest BCUT2D eigenvalue weighted by atomic mass is 16.7. The average molecular weight is 180 g/mol. The fraction of sp³-hybridized carbons (Fsp3) is 0.400. The third-order valence-corrected chi connectivity index (χ3v) is 2.12. The molecule has 0 bridgehead atoms. The van der Waals surface area contributed by atoms with E-state index < -0.39 is 0 Å². The van der Waals surface area contributed by atoms with E-state index in [1.807, 2.05) is 13.8 Å². The van der Waals surface area contributed by atoms with Crippen LogP contribution in [0.4, 0.5) is 0 Å². The molecule has 0 fully saturated rings. The van der Waals surface area contributed by atoms with Gasteiger partial charge in [-0.15, -0.1) is 0 Å². The largest absolute Gasteiger partial charge is 0.508 e. The van der Waals surface area contributed by atoms with E-state index in [0.29, 0.717) is 0 Å². The van der Waals surface area contributed by atoms with E-state index in [4.69, 9.17) is 9.47 Å². The number of benzene rings is 1. The summed E-state index contributed by atoms with van der Waals surface area (Å²) in [5.74, 6) is 1.04. The summed E-state index contributed by atoms with van der Waals surface area (Å²) < 4.78 is 10.9.